The SMILES string of the molecule is Cc1ccc(-c2cc(Cl)cc3cc4n(c23)CCCNC4=O)cc1.O=C1NCCCn2c1cc1cc(Cl)cc(-c3ccc(F)c(F)c3)c12. The van der Waals surface area contributed by atoms with E-state index in [1.807, 2.05) is 22.8 Å². The van der Waals surface area contributed by atoms with Gasteiger partial charge in [-0.1, -0.05) is 59.1 Å². The quantitative estimate of drug-likeness (QED) is 0.193. The Morgan fingerprint density at radius 3 is 1.62 bits per heavy atom. The van der Waals surface area contributed by atoms with Crippen LogP contribution in [0.3, 0.4) is 0 Å². The van der Waals surface area contributed by atoms with Gasteiger partial charge in [0, 0.05) is 58.1 Å². The summed E-state index contributed by atoms with van der Waals surface area (Å²) in [5.74, 6) is -1.97. The summed E-state index contributed by atoms with van der Waals surface area (Å²) in [5, 5.41) is 8.78. The molecule has 2 N–H and O–H groups in total. The fraction of sp³-hybridized carbons (Fsp3) is 0.189. The van der Waals surface area contributed by atoms with Crippen LogP contribution in [0.25, 0.3) is 44.1 Å². The highest BCUT2D eigenvalue weighted by Gasteiger charge is 2.23. The van der Waals surface area contributed by atoms with Crippen molar-refractivity contribution in [3.05, 3.63) is 117 Å². The molecular formula is C37H30Cl2F2N4O2. The second kappa shape index (κ2) is 12.5. The Morgan fingerprint density at radius 2 is 1.11 bits per heavy atom. The van der Waals surface area contributed by atoms with Crippen molar-refractivity contribution in [1.29, 1.82) is 0 Å². The summed E-state index contributed by atoms with van der Waals surface area (Å²) in [6, 6.07) is 23.3. The van der Waals surface area contributed by atoms with Crippen molar-refractivity contribution in [2.24, 2.45) is 0 Å². The molecule has 0 aliphatic carbocycles. The molecular weight excluding hydrogens is 641 g/mol. The number of hydrogen-bond donors (Lipinski definition) is 2. The molecule has 0 fully saturated rings. The molecule has 47 heavy (non-hydrogen) atoms. The van der Waals surface area contributed by atoms with E-state index < -0.39 is 11.6 Å². The molecule has 2 aliphatic rings. The zero-order valence-corrected chi connectivity index (χ0v) is 27.0. The van der Waals surface area contributed by atoms with Crippen LogP contribution >= 0.6 is 23.2 Å². The molecule has 0 saturated heterocycles. The van der Waals surface area contributed by atoms with Crippen molar-refractivity contribution in [3.8, 4) is 22.3 Å². The van der Waals surface area contributed by atoms with E-state index >= 15 is 0 Å². The van der Waals surface area contributed by atoms with Crippen LogP contribution in [0.5, 0.6) is 0 Å². The van der Waals surface area contributed by atoms with Crippen molar-refractivity contribution in [2.75, 3.05) is 13.1 Å². The van der Waals surface area contributed by atoms with Crippen LogP contribution in [0.4, 0.5) is 8.78 Å². The van der Waals surface area contributed by atoms with Gasteiger partial charge in [-0.05, 0) is 79.4 Å². The standard InChI is InChI=1S/C19H17ClN2O.C18H13ClF2N2O/c1-12-3-5-13(6-4-12)16-11-15(20)9-14-10-17-19(23)21-7-2-8-22(17)18(14)16;19-12-6-11-8-16-18(24)22-4-1-5-23(16)17(11)13(9-12)10-2-3-14(20)15(21)7-10/h3-6,9-11H,2,7-8H2,1H3,(H,21,23);2-3,6-9H,1,4-5H2,(H,22,24). The van der Waals surface area contributed by atoms with Gasteiger partial charge in [0.1, 0.15) is 11.4 Å². The topological polar surface area (TPSA) is 68.1 Å². The molecule has 8 rings (SSSR count). The number of rotatable bonds is 2. The number of halogens is 4. The smallest absolute Gasteiger partial charge is 0.267 e. The van der Waals surface area contributed by atoms with Gasteiger partial charge in [0.2, 0.25) is 0 Å². The van der Waals surface area contributed by atoms with Gasteiger partial charge in [-0.2, -0.15) is 0 Å². The lowest BCUT2D eigenvalue weighted by molar-refractivity contribution is 0.0943. The molecule has 2 aromatic heterocycles. The maximum atomic E-state index is 13.7. The van der Waals surface area contributed by atoms with Crippen LogP contribution in [-0.2, 0) is 13.1 Å². The van der Waals surface area contributed by atoms with E-state index in [1.54, 1.807) is 18.2 Å². The average molecular weight is 672 g/mol. The van der Waals surface area contributed by atoms with E-state index in [0.29, 0.717) is 45.6 Å². The van der Waals surface area contributed by atoms with Crippen LogP contribution in [0.1, 0.15) is 39.4 Å². The average Bonchev–Trinajstić information content (AvgIpc) is 3.47. The lowest BCUT2D eigenvalue weighted by Gasteiger charge is -2.11. The maximum absolute atomic E-state index is 13.7. The van der Waals surface area contributed by atoms with E-state index in [4.69, 9.17) is 23.2 Å². The number of benzene rings is 4. The van der Waals surface area contributed by atoms with E-state index in [1.165, 1.54) is 11.6 Å². The summed E-state index contributed by atoms with van der Waals surface area (Å²) >= 11 is 12.5. The normalized spacial score (nSPS) is 14.4. The van der Waals surface area contributed by atoms with Crippen LogP contribution in [0, 0.1) is 18.6 Å². The largest absolute Gasteiger partial charge is 0.351 e. The Morgan fingerprint density at radius 1 is 0.617 bits per heavy atom. The third-order valence-electron chi connectivity index (χ3n) is 8.66. The van der Waals surface area contributed by atoms with Gasteiger partial charge in [-0.25, -0.2) is 8.78 Å². The van der Waals surface area contributed by atoms with E-state index in [-0.39, 0.29) is 11.8 Å². The van der Waals surface area contributed by atoms with Crippen LogP contribution in [0.2, 0.25) is 10.0 Å². The molecule has 0 bridgehead atoms. The Hall–Kier alpha value is -4.66. The number of aromatic nitrogens is 2. The number of aryl methyl sites for hydroxylation is 3. The van der Waals surface area contributed by atoms with Crippen LogP contribution in [0.15, 0.2) is 78.9 Å². The van der Waals surface area contributed by atoms with E-state index in [2.05, 4.69) is 46.4 Å². The summed E-state index contributed by atoms with van der Waals surface area (Å²) in [6.07, 6.45) is 1.72. The first-order valence-electron chi connectivity index (χ1n) is 15.4. The van der Waals surface area contributed by atoms with E-state index in [9.17, 15) is 18.4 Å². The molecule has 4 aromatic carbocycles. The van der Waals surface area contributed by atoms with Crippen LogP contribution < -0.4 is 10.6 Å². The highest BCUT2D eigenvalue weighted by Crippen LogP contribution is 2.37. The van der Waals surface area contributed by atoms with Crippen LogP contribution in [-0.4, -0.2) is 34.0 Å². The van der Waals surface area contributed by atoms with Gasteiger partial charge in [0.05, 0.1) is 11.0 Å². The number of amides is 2. The molecule has 10 heteroatoms. The summed E-state index contributed by atoms with van der Waals surface area (Å²) in [5.41, 5.74) is 7.77. The fourth-order valence-electron chi connectivity index (χ4n) is 6.49. The zero-order valence-electron chi connectivity index (χ0n) is 25.5. The van der Waals surface area contributed by atoms with Crippen molar-refractivity contribution >= 4 is 56.8 Å². The zero-order chi connectivity index (χ0) is 32.8. The summed E-state index contributed by atoms with van der Waals surface area (Å²) in [6.45, 7) is 4.89. The minimum absolute atomic E-state index is 0.00956. The lowest BCUT2D eigenvalue weighted by atomic mass is 10.0. The third kappa shape index (κ3) is 5.88. The molecule has 6 aromatic rings. The number of nitrogens with zero attached hydrogens (tertiary/aromatic N) is 2. The molecule has 4 heterocycles. The second-order valence-electron chi connectivity index (χ2n) is 11.9. The lowest BCUT2D eigenvalue weighted by Crippen LogP contribution is -2.22. The first-order valence-corrected chi connectivity index (χ1v) is 16.2. The van der Waals surface area contributed by atoms with Crippen molar-refractivity contribution in [3.63, 3.8) is 0 Å². The van der Waals surface area contributed by atoms with Gasteiger partial charge < -0.3 is 19.8 Å². The monoisotopic (exact) mass is 670 g/mol. The minimum atomic E-state index is -0.916. The van der Waals surface area contributed by atoms with Gasteiger partial charge in [-0.3, -0.25) is 9.59 Å². The molecule has 0 atom stereocenters. The van der Waals surface area contributed by atoms with Crippen molar-refractivity contribution in [2.45, 2.75) is 32.9 Å². The predicted octanol–water partition coefficient (Wildman–Crippen LogP) is 8.78. The number of fused-ring (bicyclic) bond motifs is 6. The molecule has 0 saturated carbocycles. The Balaban J connectivity index is 0.000000150. The summed E-state index contributed by atoms with van der Waals surface area (Å²) < 4.78 is 31.0. The predicted molar refractivity (Wildman–Crippen MR) is 183 cm³/mol. The number of carbonyl (C=O) groups is 2. The molecule has 6 nitrogen and oxygen atoms in total. The number of hydrogen-bond acceptors (Lipinski definition) is 2. The highest BCUT2D eigenvalue weighted by molar-refractivity contribution is 6.32. The maximum Gasteiger partial charge on any atom is 0.267 e. The van der Waals surface area contributed by atoms with Gasteiger partial charge >= 0.3 is 0 Å². The molecule has 238 valence electrons. The van der Waals surface area contributed by atoms with E-state index in [0.717, 1.165) is 71.0 Å². The molecule has 2 aliphatic heterocycles. The number of carbonyl (C=O) groups excluding carboxylic acids is 2. The Bertz CT molecular complexity index is 2200. The second-order valence-corrected chi connectivity index (χ2v) is 12.7. The Labute approximate surface area is 279 Å². The molecule has 0 spiro atoms. The fourth-order valence-corrected chi connectivity index (χ4v) is 6.94. The Kier molecular flexibility index (Phi) is 8.24. The molecule has 2 amide bonds. The van der Waals surface area contributed by atoms with Gasteiger partial charge in [0.25, 0.3) is 11.8 Å². The van der Waals surface area contributed by atoms with Crippen molar-refractivity contribution in [1.82, 2.24) is 19.8 Å². The minimum Gasteiger partial charge on any atom is -0.351 e. The highest BCUT2D eigenvalue weighted by atomic mass is 35.5. The molecule has 0 radical (unpaired) electrons. The molecule has 0 unspecified atom stereocenters. The number of nitrogens with one attached hydrogen (secondary N) is 2. The first kappa shape index (κ1) is 31.0. The first-order chi connectivity index (χ1) is 22.7. The van der Waals surface area contributed by atoms with Gasteiger partial charge in [0.15, 0.2) is 11.6 Å². The van der Waals surface area contributed by atoms with Gasteiger partial charge in [-0.15, -0.1) is 0 Å². The summed E-state index contributed by atoms with van der Waals surface area (Å²) in [4.78, 5) is 24.5. The van der Waals surface area contributed by atoms with Crippen molar-refractivity contribution < 1.29 is 18.4 Å². The third-order valence-corrected chi connectivity index (χ3v) is 9.10. The summed E-state index contributed by atoms with van der Waals surface area (Å²) in [7, 11) is 0.